The number of hydrogen-bond donors (Lipinski definition) is 0. The summed E-state index contributed by atoms with van der Waals surface area (Å²) in [5.74, 6) is 0.0497. The first kappa shape index (κ1) is 24.9. The van der Waals surface area contributed by atoms with E-state index < -0.39 is 0 Å². The molecule has 0 rings (SSSR count). The van der Waals surface area contributed by atoms with E-state index in [0.29, 0.717) is 44.8 Å². The largest absolute Gasteiger partial charge is 0.466 e. The zero-order chi connectivity index (χ0) is 19.5. The Morgan fingerprint density at radius 1 is 0.654 bits per heavy atom. The van der Waals surface area contributed by atoms with E-state index in [1.165, 1.54) is 51.4 Å². The van der Waals surface area contributed by atoms with Gasteiger partial charge in [0.25, 0.3) is 0 Å². The number of carbonyl (C=O) groups excluding carboxylic acids is 2. The summed E-state index contributed by atoms with van der Waals surface area (Å²) < 4.78 is 10.3. The molecule has 0 saturated heterocycles. The van der Waals surface area contributed by atoms with E-state index >= 15 is 0 Å². The van der Waals surface area contributed by atoms with E-state index in [4.69, 9.17) is 9.47 Å². The number of esters is 2. The SMILES string of the molecule is CCCCCCCCCCCCOC(=O)CCCCC(=O)OCC(C)C. The molecule has 0 aromatic heterocycles. The molecule has 0 heterocycles. The van der Waals surface area contributed by atoms with Crippen LogP contribution in [0.5, 0.6) is 0 Å². The molecule has 26 heavy (non-hydrogen) atoms. The molecule has 0 unspecified atom stereocenters. The van der Waals surface area contributed by atoms with Gasteiger partial charge in [-0.2, -0.15) is 0 Å². The van der Waals surface area contributed by atoms with Gasteiger partial charge in [0.2, 0.25) is 0 Å². The van der Waals surface area contributed by atoms with Crippen molar-refractivity contribution in [2.45, 2.75) is 111 Å². The van der Waals surface area contributed by atoms with Crippen molar-refractivity contribution < 1.29 is 19.1 Å². The van der Waals surface area contributed by atoms with Gasteiger partial charge in [0.1, 0.15) is 0 Å². The summed E-state index contributed by atoms with van der Waals surface area (Å²) in [4.78, 5) is 23.1. The van der Waals surface area contributed by atoms with E-state index in [0.717, 1.165) is 12.8 Å². The molecule has 0 bridgehead atoms. The highest BCUT2D eigenvalue weighted by Gasteiger charge is 2.06. The van der Waals surface area contributed by atoms with Crippen molar-refractivity contribution >= 4 is 11.9 Å². The molecule has 0 amide bonds. The van der Waals surface area contributed by atoms with Crippen LogP contribution in [0.25, 0.3) is 0 Å². The molecule has 0 aliphatic heterocycles. The topological polar surface area (TPSA) is 52.6 Å². The Hall–Kier alpha value is -1.06. The normalized spacial score (nSPS) is 10.9. The van der Waals surface area contributed by atoms with Crippen molar-refractivity contribution in [1.29, 1.82) is 0 Å². The third-order valence-electron chi connectivity index (χ3n) is 4.35. The van der Waals surface area contributed by atoms with Gasteiger partial charge in [-0.3, -0.25) is 9.59 Å². The summed E-state index contributed by atoms with van der Waals surface area (Å²) in [7, 11) is 0. The van der Waals surface area contributed by atoms with Gasteiger partial charge < -0.3 is 9.47 Å². The molecular weight excluding hydrogens is 328 g/mol. The number of ether oxygens (including phenoxy) is 2. The zero-order valence-corrected chi connectivity index (χ0v) is 17.5. The highest BCUT2D eigenvalue weighted by atomic mass is 16.5. The first-order valence-corrected chi connectivity index (χ1v) is 10.9. The van der Waals surface area contributed by atoms with Crippen molar-refractivity contribution in [1.82, 2.24) is 0 Å². The van der Waals surface area contributed by atoms with E-state index in [-0.39, 0.29) is 11.9 Å². The molecule has 0 aliphatic carbocycles. The van der Waals surface area contributed by atoms with E-state index in [2.05, 4.69) is 6.92 Å². The summed E-state index contributed by atoms with van der Waals surface area (Å²) in [6.45, 7) is 7.28. The first-order valence-electron chi connectivity index (χ1n) is 10.9. The number of unbranched alkanes of at least 4 members (excludes halogenated alkanes) is 10. The summed E-state index contributed by atoms with van der Waals surface area (Å²) in [5.41, 5.74) is 0. The molecule has 0 atom stereocenters. The van der Waals surface area contributed by atoms with Crippen LogP contribution in [-0.2, 0) is 19.1 Å². The maximum atomic E-state index is 11.6. The van der Waals surface area contributed by atoms with Crippen LogP contribution in [0.3, 0.4) is 0 Å². The fourth-order valence-electron chi connectivity index (χ4n) is 2.72. The lowest BCUT2D eigenvalue weighted by atomic mass is 10.1. The van der Waals surface area contributed by atoms with Crippen LogP contribution in [0.1, 0.15) is 111 Å². The van der Waals surface area contributed by atoms with Crippen molar-refractivity contribution in [2.24, 2.45) is 5.92 Å². The van der Waals surface area contributed by atoms with Gasteiger partial charge in [0.15, 0.2) is 0 Å². The van der Waals surface area contributed by atoms with Crippen molar-refractivity contribution in [3.05, 3.63) is 0 Å². The second-order valence-electron chi connectivity index (χ2n) is 7.69. The average Bonchev–Trinajstić information content (AvgIpc) is 2.61. The number of carbonyl (C=O) groups is 2. The standard InChI is InChI=1S/C22H42O4/c1-4-5-6-7-8-9-10-11-12-15-18-25-21(23)16-13-14-17-22(24)26-19-20(2)3/h20H,4-19H2,1-3H3. The van der Waals surface area contributed by atoms with Crippen molar-refractivity contribution in [2.75, 3.05) is 13.2 Å². The van der Waals surface area contributed by atoms with Gasteiger partial charge in [0.05, 0.1) is 13.2 Å². The lowest BCUT2D eigenvalue weighted by Crippen LogP contribution is -2.10. The predicted molar refractivity (Wildman–Crippen MR) is 107 cm³/mol. The van der Waals surface area contributed by atoms with E-state index in [9.17, 15) is 9.59 Å². The lowest BCUT2D eigenvalue weighted by molar-refractivity contribution is -0.146. The number of hydrogen-bond acceptors (Lipinski definition) is 4. The van der Waals surface area contributed by atoms with E-state index in [1.807, 2.05) is 13.8 Å². The van der Waals surface area contributed by atoms with Crippen LogP contribution in [0, 0.1) is 5.92 Å². The summed E-state index contributed by atoms with van der Waals surface area (Å²) in [6.07, 6.45) is 14.9. The first-order chi connectivity index (χ1) is 12.6. The Morgan fingerprint density at radius 2 is 1.12 bits per heavy atom. The summed E-state index contributed by atoms with van der Waals surface area (Å²) in [5, 5.41) is 0. The summed E-state index contributed by atoms with van der Waals surface area (Å²) >= 11 is 0. The molecule has 4 nitrogen and oxygen atoms in total. The van der Waals surface area contributed by atoms with Gasteiger partial charge in [-0.1, -0.05) is 78.6 Å². The number of rotatable bonds is 18. The highest BCUT2D eigenvalue weighted by Crippen LogP contribution is 2.11. The van der Waals surface area contributed by atoms with Crippen molar-refractivity contribution in [3.63, 3.8) is 0 Å². The third kappa shape index (κ3) is 19.3. The molecule has 0 radical (unpaired) electrons. The van der Waals surface area contributed by atoms with Gasteiger partial charge in [0, 0.05) is 12.8 Å². The van der Waals surface area contributed by atoms with Gasteiger partial charge in [-0.15, -0.1) is 0 Å². The highest BCUT2D eigenvalue weighted by molar-refractivity contribution is 5.70. The second kappa shape index (κ2) is 18.7. The predicted octanol–water partition coefficient (Wildman–Crippen LogP) is 6.21. The Balaban J connectivity index is 3.28. The lowest BCUT2D eigenvalue weighted by Gasteiger charge is -2.07. The van der Waals surface area contributed by atoms with Crippen LogP contribution in [0.4, 0.5) is 0 Å². The Kier molecular flexibility index (Phi) is 18.0. The van der Waals surface area contributed by atoms with E-state index in [1.54, 1.807) is 0 Å². The van der Waals surface area contributed by atoms with Crippen LogP contribution in [-0.4, -0.2) is 25.2 Å². The Labute approximate surface area is 161 Å². The maximum absolute atomic E-state index is 11.6. The fraction of sp³-hybridized carbons (Fsp3) is 0.909. The maximum Gasteiger partial charge on any atom is 0.305 e. The average molecular weight is 371 g/mol. The molecule has 4 heteroatoms. The molecule has 0 aliphatic rings. The smallest absolute Gasteiger partial charge is 0.305 e. The monoisotopic (exact) mass is 370 g/mol. The third-order valence-corrected chi connectivity index (χ3v) is 4.35. The molecule has 154 valence electrons. The second-order valence-corrected chi connectivity index (χ2v) is 7.69. The Bertz CT molecular complexity index is 339. The fourth-order valence-corrected chi connectivity index (χ4v) is 2.72. The quantitative estimate of drug-likeness (QED) is 0.212. The molecule has 0 aromatic rings. The minimum absolute atomic E-state index is 0.142. The van der Waals surface area contributed by atoms with Crippen LogP contribution in [0.15, 0.2) is 0 Å². The summed E-state index contributed by atoms with van der Waals surface area (Å²) in [6, 6.07) is 0. The van der Waals surface area contributed by atoms with Crippen LogP contribution in [0.2, 0.25) is 0 Å². The van der Waals surface area contributed by atoms with Crippen LogP contribution < -0.4 is 0 Å². The minimum atomic E-state index is -0.169. The zero-order valence-electron chi connectivity index (χ0n) is 17.5. The van der Waals surface area contributed by atoms with Gasteiger partial charge >= 0.3 is 11.9 Å². The Morgan fingerprint density at radius 3 is 1.62 bits per heavy atom. The molecule has 0 fully saturated rings. The molecule has 0 spiro atoms. The van der Waals surface area contributed by atoms with Crippen LogP contribution >= 0.6 is 0 Å². The molecular formula is C22H42O4. The van der Waals surface area contributed by atoms with Gasteiger partial charge in [-0.05, 0) is 25.2 Å². The molecule has 0 N–H and O–H groups in total. The minimum Gasteiger partial charge on any atom is -0.466 e. The molecule has 0 aromatic carbocycles. The molecule has 0 saturated carbocycles. The van der Waals surface area contributed by atoms with Crippen molar-refractivity contribution in [3.8, 4) is 0 Å². The van der Waals surface area contributed by atoms with Gasteiger partial charge in [-0.25, -0.2) is 0 Å².